The molecule has 1 atom stereocenters. The Morgan fingerprint density at radius 2 is 1.84 bits per heavy atom. The summed E-state index contributed by atoms with van der Waals surface area (Å²) in [6.45, 7) is 0. The predicted molar refractivity (Wildman–Crippen MR) is 80.3 cm³/mol. The number of unbranched alkanes of at least 4 members (excludes halogenated alkanes) is 2. The maximum atomic E-state index is 10.2. The molecule has 0 heterocycles. The minimum absolute atomic E-state index is 0.328. The highest BCUT2D eigenvalue weighted by molar-refractivity contribution is 6.30. The van der Waals surface area contributed by atoms with Crippen molar-refractivity contribution >= 4 is 24.0 Å². The third-order valence-corrected chi connectivity index (χ3v) is 3.21. The van der Waals surface area contributed by atoms with Gasteiger partial charge in [-0.1, -0.05) is 42.3 Å². The van der Waals surface area contributed by atoms with Gasteiger partial charge in [0.05, 0.1) is 6.10 Å². The minimum atomic E-state index is -0.328. The number of benzene rings is 1. The zero-order valence-electron chi connectivity index (χ0n) is 11.1. The van der Waals surface area contributed by atoms with Crippen LogP contribution in [0.25, 0.3) is 6.08 Å². The highest BCUT2D eigenvalue weighted by atomic mass is 35.5. The number of rotatable bonds is 9. The number of allylic oxidation sites excluding steroid dienone is 1. The first-order chi connectivity index (χ1) is 9.22. The Kier molecular flexibility index (Phi) is 8.19. The summed E-state index contributed by atoms with van der Waals surface area (Å²) in [6.07, 6.45) is 9.63. The first kappa shape index (κ1) is 15.9. The maximum Gasteiger partial charge on any atom is 0.120 e. The fourth-order valence-electron chi connectivity index (χ4n) is 1.84. The van der Waals surface area contributed by atoms with E-state index in [-0.39, 0.29) is 6.10 Å². The molecule has 3 heteroatoms. The third kappa shape index (κ3) is 7.81. The zero-order chi connectivity index (χ0) is 13.9. The highest BCUT2D eigenvalue weighted by Gasteiger charge is 2.02. The van der Waals surface area contributed by atoms with E-state index in [2.05, 4.69) is 12.2 Å². The molecule has 1 unspecified atom stereocenters. The van der Waals surface area contributed by atoms with Crippen molar-refractivity contribution in [2.75, 3.05) is 0 Å². The lowest BCUT2D eigenvalue weighted by atomic mass is 10.1. The zero-order valence-corrected chi connectivity index (χ0v) is 11.9. The van der Waals surface area contributed by atoms with Crippen molar-refractivity contribution < 1.29 is 9.90 Å². The average molecular weight is 281 g/mol. The molecule has 0 aliphatic heterocycles. The van der Waals surface area contributed by atoms with Gasteiger partial charge in [-0.2, -0.15) is 0 Å². The fourth-order valence-corrected chi connectivity index (χ4v) is 1.97. The molecule has 0 spiro atoms. The molecule has 0 saturated heterocycles. The first-order valence-electron chi connectivity index (χ1n) is 6.76. The van der Waals surface area contributed by atoms with Crippen molar-refractivity contribution in [3.63, 3.8) is 0 Å². The molecule has 0 fully saturated rings. The summed E-state index contributed by atoms with van der Waals surface area (Å²) in [5, 5.41) is 10.3. The molecule has 0 aromatic heterocycles. The number of hydrogen-bond acceptors (Lipinski definition) is 2. The monoisotopic (exact) mass is 280 g/mol. The van der Waals surface area contributed by atoms with Gasteiger partial charge in [-0.3, -0.25) is 0 Å². The SMILES string of the molecule is O=CCCC(O)CCCCC=Cc1ccc(Cl)cc1. The number of aldehydes is 1. The molecule has 1 aromatic carbocycles. The lowest BCUT2D eigenvalue weighted by Gasteiger charge is -2.07. The Morgan fingerprint density at radius 1 is 1.11 bits per heavy atom. The Morgan fingerprint density at radius 3 is 2.53 bits per heavy atom. The van der Waals surface area contributed by atoms with E-state index in [0.29, 0.717) is 12.8 Å². The van der Waals surface area contributed by atoms with Crippen LogP contribution in [0.2, 0.25) is 5.02 Å². The Balaban J connectivity index is 2.10. The summed E-state index contributed by atoms with van der Waals surface area (Å²) in [5.74, 6) is 0. The van der Waals surface area contributed by atoms with Crippen molar-refractivity contribution in [2.45, 2.75) is 44.6 Å². The standard InChI is InChI=1S/C16H21ClO2/c17-15-11-9-14(10-12-15)6-3-1-2-4-7-16(19)8-5-13-18/h3,6,9-13,16,19H,1-2,4-5,7-8H2. The van der Waals surface area contributed by atoms with Crippen LogP contribution in [0.1, 0.15) is 44.1 Å². The van der Waals surface area contributed by atoms with E-state index in [1.807, 2.05) is 24.3 Å². The molecule has 19 heavy (non-hydrogen) atoms. The van der Waals surface area contributed by atoms with Gasteiger partial charge in [0.25, 0.3) is 0 Å². The molecule has 104 valence electrons. The summed E-state index contributed by atoms with van der Waals surface area (Å²) in [4.78, 5) is 10.2. The molecule has 0 saturated carbocycles. The van der Waals surface area contributed by atoms with Gasteiger partial charge in [0.2, 0.25) is 0 Å². The van der Waals surface area contributed by atoms with Crippen molar-refractivity contribution in [2.24, 2.45) is 0 Å². The van der Waals surface area contributed by atoms with Crippen LogP contribution in [0.15, 0.2) is 30.3 Å². The summed E-state index contributed by atoms with van der Waals surface area (Å²) >= 11 is 5.81. The molecular weight excluding hydrogens is 260 g/mol. The lowest BCUT2D eigenvalue weighted by Crippen LogP contribution is -2.05. The van der Waals surface area contributed by atoms with Crippen LogP contribution >= 0.6 is 11.6 Å². The second kappa shape index (κ2) is 9.76. The van der Waals surface area contributed by atoms with Crippen molar-refractivity contribution in [3.8, 4) is 0 Å². The number of aliphatic hydroxyl groups is 1. The van der Waals surface area contributed by atoms with E-state index in [9.17, 15) is 9.90 Å². The van der Waals surface area contributed by atoms with Crippen LogP contribution in [0.5, 0.6) is 0 Å². The van der Waals surface area contributed by atoms with Gasteiger partial charge in [0.15, 0.2) is 0 Å². The number of carbonyl (C=O) groups excluding carboxylic acids is 1. The van der Waals surface area contributed by atoms with Crippen LogP contribution in [0, 0.1) is 0 Å². The molecule has 0 bridgehead atoms. The Bertz CT molecular complexity index is 384. The minimum Gasteiger partial charge on any atom is -0.393 e. The van der Waals surface area contributed by atoms with Gasteiger partial charge >= 0.3 is 0 Å². The van der Waals surface area contributed by atoms with Crippen LogP contribution in [0.3, 0.4) is 0 Å². The summed E-state index contributed by atoms with van der Waals surface area (Å²) < 4.78 is 0. The number of halogens is 1. The topological polar surface area (TPSA) is 37.3 Å². The maximum absolute atomic E-state index is 10.2. The average Bonchev–Trinajstić information content (AvgIpc) is 2.42. The van der Waals surface area contributed by atoms with Crippen LogP contribution in [-0.4, -0.2) is 17.5 Å². The van der Waals surface area contributed by atoms with Crippen molar-refractivity contribution in [3.05, 3.63) is 40.9 Å². The first-order valence-corrected chi connectivity index (χ1v) is 7.14. The molecular formula is C16H21ClO2. The van der Waals surface area contributed by atoms with Crippen LogP contribution < -0.4 is 0 Å². The second-order valence-corrected chi connectivity index (χ2v) is 5.07. The molecule has 0 aliphatic carbocycles. The van der Waals surface area contributed by atoms with Crippen molar-refractivity contribution in [1.29, 1.82) is 0 Å². The number of hydrogen-bond donors (Lipinski definition) is 1. The highest BCUT2D eigenvalue weighted by Crippen LogP contribution is 2.12. The van der Waals surface area contributed by atoms with E-state index < -0.39 is 0 Å². The normalized spacial score (nSPS) is 12.7. The lowest BCUT2D eigenvalue weighted by molar-refractivity contribution is -0.108. The van der Waals surface area contributed by atoms with Gasteiger partial charge in [0, 0.05) is 11.4 Å². The van der Waals surface area contributed by atoms with Crippen LogP contribution in [-0.2, 0) is 4.79 Å². The molecule has 2 nitrogen and oxygen atoms in total. The largest absolute Gasteiger partial charge is 0.393 e. The van der Waals surface area contributed by atoms with E-state index in [0.717, 1.165) is 42.6 Å². The van der Waals surface area contributed by atoms with Gasteiger partial charge < -0.3 is 9.90 Å². The van der Waals surface area contributed by atoms with E-state index in [4.69, 9.17) is 11.6 Å². The molecule has 0 amide bonds. The molecule has 1 N–H and O–H groups in total. The van der Waals surface area contributed by atoms with E-state index >= 15 is 0 Å². The van der Waals surface area contributed by atoms with Gasteiger partial charge in [-0.05, 0) is 43.4 Å². The fraction of sp³-hybridized carbons (Fsp3) is 0.438. The summed E-state index contributed by atoms with van der Waals surface area (Å²) in [5.41, 5.74) is 1.15. The third-order valence-electron chi connectivity index (χ3n) is 2.96. The Labute approximate surface area is 120 Å². The van der Waals surface area contributed by atoms with Gasteiger partial charge in [-0.15, -0.1) is 0 Å². The smallest absolute Gasteiger partial charge is 0.120 e. The van der Waals surface area contributed by atoms with Crippen molar-refractivity contribution in [1.82, 2.24) is 0 Å². The quantitative estimate of drug-likeness (QED) is 0.542. The second-order valence-electron chi connectivity index (χ2n) is 4.64. The van der Waals surface area contributed by atoms with E-state index in [1.165, 1.54) is 0 Å². The van der Waals surface area contributed by atoms with Gasteiger partial charge in [-0.25, -0.2) is 0 Å². The van der Waals surface area contributed by atoms with E-state index in [1.54, 1.807) is 0 Å². The van der Waals surface area contributed by atoms with Gasteiger partial charge in [0.1, 0.15) is 6.29 Å². The van der Waals surface area contributed by atoms with Crippen LogP contribution in [0.4, 0.5) is 0 Å². The molecule has 0 radical (unpaired) electrons. The summed E-state index contributed by atoms with van der Waals surface area (Å²) in [7, 11) is 0. The Hall–Kier alpha value is -1.12. The molecule has 1 aromatic rings. The molecule has 1 rings (SSSR count). The predicted octanol–water partition coefficient (Wildman–Crippen LogP) is 4.25. The molecule has 0 aliphatic rings. The summed E-state index contributed by atoms with van der Waals surface area (Å²) in [6, 6.07) is 7.74. The number of carbonyl (C=O) groups is 1. The number of aliphatic hydroxyl groups excluding tert-OH is 1.